The Morgan fingerprint density at radius 1 is 1.12 bits per heavy atom. The molecule has 2 N–H and O–H groups in total. The van der Waals surface area contributed by atoms with Crippen molar-refractivity contribution in [3.63, 3.8) is 0 Å². The van der Waals surface area contributed by atoms with E-state index in [1.807, 2.05) is 31.2 Å². The van der Waals surface area contributed by atoms with Gasteiger partial charge in [-0.1, -0.05) is 11.6 Å². The van der Waals surface area contributed by atoms with Crippen LogP contribution in [-0.4, -0.2) is 17.7 Å². The number of hydrogen-bond donors (Lipinski definition) is 1. The molecule has 1 fully saturated rings. The molecule has 0 saturated heterocycles. The van der Waals surface area contributed by atoms with Crippen molar-refractivity contribution in [2.45, 2.75) is 51.5 Å². The van der Waals surface area contributed by atoms with Crippen LogP contribution < -0.4 is 10.6 Å². The number of ketones is 1. The van der Waals surface area contributed by atoms with Gasteiger partial charge < -0.3 is 10.6 Å². The number of Topliss-reactive ketones (excluding diaryl/α,β-unsaturated/α-hetero) is 1. The Balaban J connectivity index is 1.90. The Bertz CT molecular complexity index is 673. The summed E-state index contributed by atoms with van der Waals surface area (Å²) in [7, 11) is 0. The summed E-state index contributed by atoms with van der Waals surface area (Å²) in [5.41, 5.74) is 8.50. The highest BCUT2D eigenvalue weighted by atomic mass is 35.5. The lowest BCUT2D eigenvalue weighted by Gasteiger charge is -2.39. The van der Waals surface area contributed by atoms with Gasteiger partial charge in [-0.15, -0.1) is 0 Å². The van der Waals surface area contributed by atoms with E-state index in [0.29, 0.717) is 11.4 Å². The van der Waals surface area contributed by atoms with E-state index < -0.39 is 0 Å². The lowest BCUT2D eigenvalue weighted by atomic mass is 9.84. The zero-order valence-electron chi connectivity index (χ0n) is 13.9. The van der Waals surface area contributed by atoms with Gasteiger partial charge in [-0.25, -0.2) is 0 Å². The largest absolute Gasteiger partial charge is 0.369 e. The number of rotatable bonds is 4. The predicted octanol–water partition coefficient (Wildman–Crippen LogP) is 3.83. The molecule has 3 rings (SSSR count). The van der Waals surface area contributed by atoms with E-state index in [0.717, 1.165) is 49.1 Å². The first-order chi connectivity index (χ1) is 11.5. The molecule has 1 aromatic rings. The molecule has 0 aromatic heterocycles. The van der Waals surface area contributed by atoms with Gasteiger partial charge in [-0.05, 0) is 63.3 Å². The zero-order valence-corrected chi connectivity index (χ0v) is 14.7. The molecule has 0 atom stereocenters. The number of nitrogens with two attached hydrogens (primary N) is 1. The van der Waals surface area contributed by atoms with E-state index in [9.17, 15) is 9.59 Å². The third kappa shape index (κ3) is 3.34. The minimum absolute atomic E-state index is 0.0198. The average Bonchev–Trinajstić information content (AvgIpc) is 2.90. The summed E-state index contributed by atoms with van der Waals surface area (Å²) in [5, 5.41) is 0.698. The second kappa shape index (κ2) is 6.98. The molecule has 1 aromatic carbocycles. The van der Waals surface area contributed by atoms with Gasteiger partial charge in [0.1, 0.15) is 0 Å². The third-order valence-electron chi connectivity index (χ3n) is 5.30. The molecule has 0 aliphatic heterocycles. The van der Waals surface area contributed by atoms with E-state index >= 15 is 0 Å². The maximum Gasteiger partial charge on any atom is 0.220 e. The Morgan fingerprint density at radius 3 is 2.25 bits per heavy atom. The molecule has 24 heavy (non-hydrogen) atoms. The number of amides is 1. The van der Waals surface area contributed by atoms with Crippen molar-refractivity contribution in [1.29, 1.82) is 0 Å². The summed E-state index contributed by atoms with van der Waals surface area (Å²) in [5.74, 6) is 0.0151. The van der Waals surface area contributed by atoms with E-state index in [2.05, 4.69) is 4.90 Å². The van der Waals surface area contributed by atoms with Gasteiger partial charge in [0.15, 0.2) is 5.78 Å². The summed E-state index contributed by atoms with van der Waals surface area (Å²) in [4.78, 5) is 25.8. The standard InChI is InChI=1S/C19H23ClN2O2/c1-12-17(10-11-18(12)23)22(16-8-4-14(20)5-9-16)15-6-2-13(3-7-15)19(21)24/h4-5,8-9,13,15H,2-3,6-7,10-11H2,1H3,(H2,21,24). The van der Waals surface area contributed by atoms with Crippen molar-refractivity contribution in [3.05, 3.63) is 40.6 Å². The molecule has 4 nitrogen and oxygen atoms in total. The number of nitrogens with zero attached hydrogens (tertiary/aromatic N) is 1. The molecule has 5 heteroatoms. The van der Waals surface area contributed by atoms with Crippen LogP contribution in [0.4, 0.5) is 5.69 Å². The van der Waals surface area contributed by atoms with Crippen LogP contribution in [-0.2, 0) is 9.59 Å². The average molecular weight is 347 g/mol. The van der Waals surface area contributed by atoms with Crippen molar-refractivity contribution in [3.8, 4) is 0 Å². The Hall–Kier alpha value is -1.81. The van der Waals surface area contributed by atoms with Crippen molar-refractivity contribution < 1.29 is 9.59 Å². The molecule has 0 heterocycles. The molecule has 2 aliphatic rings. The molecular weight excluding hydrogens is 324 g/mol. The third-order valence-corrected chi connectivity index (χ3v) is 5.55. The van der Waals surface area contributed by atoms with E-state index in [1.54, 1.807) is 0 Å². The Labute approximate surface area is 147 Å². The minimum atomic E-state index is -0.196. The van der Waals surface area contributed by atoms with Gasteiger partial charge in [-0.3, -0.25) is 9.59 Å². The summed E-state index contributed by atoms with van der Waals surface area (Å²) in [6.07, 6.45) is 4.79. The number of benzene rings is 1. The van der Waals surface area contributed by atoms with Crippen LogP contribution >= 0.6 is 11.6 Å². The topological polar surface area (TPSA) is 63.4 Å². The van der Waals surface area contributed by atoms with E-state index in [4.69, 9.17) is 17.3 Å². The first kappa shape index (κ1) is 17.0. The van der Waals surface area contributed by atoms with E-state index in [-0.39, 0.29) is 23.7 Å². The monoisotopic (exact) mass is 346 g/mol. The molecule has 0 unspecified atom stereocenters. The Kier molecular flexibility index (Phi) is 4.95. The maximum atomic E-state index is 12.0. The fourth-order valence-corrected chi connectivity index (χ4v) is 4.00. The molecule has 0 radical (unpaired) electrons. The second-order valence-corrected chi connectivity index (χ2v) is 7.19. The summed E-state index contributed by atoms with van der Waals surface area (Å²) in [6.45, 7) is 1.92. The summed E-state index contributed by atoms with van der Waals surface area (Å²) in [6, 6.07) is 8.06. The number of hydrogen-bond acceptors (Lipinski definition) is 3. The molecule has 0 spiro atoms. The molecule has 1 saturated carbocycles. The zero-order chi connectivity index (χ0) is 17.3. The van der Waals surface area contributed by atoms with Crippen molar-refractivity contribution >= 4 is 29.0 Å². The number of carbonyl (C=O) groups is 2. The predicted molar refractivity (Wildman–Crippen MR) is 95.8 cm³/mol. The highest BCUT2D eigenvalue weighted by Crippen LogP contribution is 2.37. The van der Waals surface area contributed by atoms with Gasteiger partial charge in [0, 0.05) is 40.4 Å². The molecular formula is C19H23ClN2O2. The number of halogens is 1. The van der Waals surface area contributed by atoms with Crippen LogP contribution in [0.3, 0.4) is 0 Å². The number of primary amides is 1. The molecule has 0 bridgehead atoms. The van der Waals surface area contributed by atoms with Crippen molar-refractivity contribution in [2.24, 2.45) is 11.7 Å². The van der Waals surface area contributed by atoms with Gasteiger partial charge in [0.05, 0.1) is 0 Å². The first-order valence-electron chi connectivity index (χ1n) is 8.54. The van der Waals surface area contributed by atoms with Gasteiger partial charge >= 0.3 is 0 Å². The SMILES string of the molecule is CC1=C(N(c2ccc(Cl)cc2)C2CCC(C(N)=O)CC2)CCC1=O. The van der Waals surface area contributed by atoms with Crippen molar-refractivity contribution in [1.82, 2.24) is 0 Å². The second-order valence-electron chi connectivity index (χ2n) is 6.75. The highest BCUT2D eigenvalue weighted by Gasteiger charge is 2.33. The lowest BCUT2D eigenvalue weighted by Crippen LogP contribution is -2.40. The maximum absolute atomic E-state index is 12.0. The van der Waals surface area contributed by atoms with Gasteiger partial charge in [0.2, 0.25) is 5.91 Å². The number of allylic oxidation sites excluding steroid dienone is 2. The van der Waals surface area contributed by atoms with Crippen LogP contribution in [0, 0.1) is 5.92 Å². The van der Waals surface area contributed by atoms with E-state index in [1.165, 1.54) is 0 Å². The highest BCUT2D eigenvalue weighted by molar-refractivity contribution is 6.30. The van der Waals surface area contributed by atoms with Crippen LogP contribution in [0.15, 0.2) is 35.5 Å². The number of carbonyl (C=O) groups excluding carboxylic acids is 2. The molecule has 1 amide bonds. The molecule has 128 valence electrons. The number of anilines is 1. The van der Waals surface area contributed by atoms with Gasteiger partial charge in [0.25, 0.3) is 0 Å². The lowest BCUT2D eigenvalue weighted by molar-refractivity contribution is -0.122. The summed E-state index contributed by atoms with van der Waals surface area (Å²) >= 11 is 6.03. The summed E-state index contributed by atoms with van der Waals surface area (Å²) < 4.78 is 0. The normalized spacial score (nSPS) is 24.3. The van der Waals surface area contributed by atoms with Crippen LogP contribution in [0.1, 0.15) is 45.4 Å². The molecule has 2 aliphatic carbocycles. The van der Waals surface area contributed by atoms with Crippen LogP contribution in [0.5, 0.6) is 0 Å². The quantitative estimate of drug-likeness (QED) is 0.901. The van der Waals surface area contributed by atoms with Crippen LogP contribution in [0.2, 0.25) is 5.02 Å². The van der Waals surface area contributed by atoms with Crippen molar-refractivity contribution in [2.75, 3.05) is 4.90 Å². The first-order valence-corrected chi connectivity index (χ1v) is 8.92. The smallest absolute Gasteiger partial charge is 0.220 e. The fraction of sp³-hybridized carbons (Fsp3) is 0.474. The Morgan fingerprint density at radius 2 is 1.75 bits per heavy atom. The van der Waals surface area contributed by atoms with Gasteiger partial charge in [-0.2, -0.15) is 0 Å². The fourth-order valence-electron chi connectivity index (χ4n) is 3.88. The minimum Gasteiger partial charge on any atom is -0.369 e. The van der Waals surface area contributed by atoms with Crippen LogP contribution in [0.25, 0.3) is 0 Å².